The number of pyridine rings is 1. The quantitative estimate of drug-likeness (QED) is 0.549. The first-order chi connectivity index (χ1) is 18.2. The molecule has 5 bridgehead atoms. The summed E-state index contributed by atoms with van der Waals surface area (Å²) in [6.07, 6.45) is 5.62. The Morgan fingerprint density at radius 2 is 1.84 bits per heavy atom. The SMILES string of the molecule is CC1NC(=O)C(C(C)C)OCCCCCc2cc3cc(ccc3cn2)C(C)OC(=O)C2CCCN(N2)C1=O. The number of amides is 2. The molecule has 38 heavy (non-hydrogen) atoms. The van der Waals surface area contributed by atoms with Crippen molar-refractivity contribution in [3.05, 3.63) is 41.7 Å². The van der Waals surface area contributed by atoms with Crippen molar-refractivity contribution in [1.29, 1.82) is 0 Å². The lowest BCUT2D eigenvalue weighted by Gasteiger charge is -2.35. The van der Waals surface area contributed by atoms with Crippen molar-refractivity contribution in [2.45, 2.75) is 90.5 Å². The molecule has 4 unspecified atom stereocenters. The highest BCUT2D eigenvalue weighted by Gasteiger charge is 2.33. The number of fused-ring (bicyclic) bond motifs is 4. The highest BCUT2D eigenvalue weighted by atomic mass is 16.5. The lowest BCUT2D eigenvalue weighted by Crippen LogP contribution is -2.60. The standard InChI is InChI=1S/C29H40N4O5/c1-18(2)26-27(34)31-19(3)28(35)33-13-8-10-25(32-33)29(36)38-20(4)21-11-12-22-17-30-24(16-23(22)15-21)9-6-5-7-14-37-26/h11-12,15-20,25-26,32H,5-10,13-14H2,1-4H3,(H,31,34). The molecule has 1 aromatic carbocycles. The van der Waals surface area contributed by atoms with Crippen molar-refractivity contribution >= 4 is 28.6 Å². The van der Waals surface area contributed by atoms with Gasteiger partial charge in [0.15, 0.2) is 0 Å². The summed E-state index contributed by atoms with van der Waals surface area (Å²) in [7, 11) is 0. The number of hydrazine groups is 1. The number of rotatable bonds is 1. The molecule has 1 fully saturated rings. The number of carbonyl (C=O) groups is 3. The topological polar surface area (TPSA) is 110 Å². The molecular weight excluding hydrogens is 484 g/mol. The highest BCUT2D eigenvalue weighted by molar-refractivity contribution is 5.89. The largest absolute Gasteiger partial charge is 0.457 e. The summed E-state index contributed by atoms with van der Waals surface area (Å²) in [5, 5.41) is 6.33. The fourth-order valence-electron chi connectivity index (χ4n) is 4.99. The Morgan fingerprint density at radius 1 is 1.03 bits per heavy atom. The number of nitrogens with one attached hydrogen (secondary N) is 2. The number of benzene rings is 1. The van der Waals surface area contributed by atoms with Gasteiger partial charge in [-0.15, -0.1) is 0 Å². The predicted molar refractivity (Wildman–Crippen MR) is 144 cm³/mol. The molecule has 2 aromatic rings. The maximum atomic E-state index is 13.1. The van der Waals surface area contributed by atoms with Crippen molar-refractivity contribution in [2.75, 3.05) is 13.2 Å². The number of carbonyl (C=O) groups excluding carboxylic acids is 3. The van der Waals surface area contributed by atoms with Crippen LogP contribution in [0.3, 0.4) is 0 Å². The van der Waals surface area contributed by atoms with Gasteiger partial charge in [0.1, 0.15) is 24.3 Å². The zero-order chi connectivity index (χ0) is 27.2. The van der Waals surface area contributed by atoms with Crippen LogP contribution in [0.4, 0.5) is 0 Å². The third kappa shape index (κ3) is 6.88. The fourth-order valence-corrected chi connectivity index (χ4v) is 4.99. The molecule has 206 valence electrons. The number of ether oxygens (including phenoxy) is 2. The molecule has 1 aromatic heterocycles. The van der Waals surface area contributed by atoms with E-state index in [0.29, 0.717) is 26.0 Å². The summed E-state index contributed by atoms with van der Waals surface area (Å²) in [4.78, 5) is 43.7. The first kappa shape index (κ1) is 28.0. The van der Waals surface area contributed by atoms with E-state index in [1.807, 2.05) is 39.1 Å². The Morgan fingerprint density at radius 3 is 2.63 bits per heavy atom. The van der Waals surface area contributed by atoms with Crippen LogP contribution in [0.5, 0.6) is 0 Å². The molecule has 0 aliphatic carbocycles. The van der Waals surface area contributed by atoms with Crippen molar-refractivity contribution in [1.82, 2.24) is 20.7 Å². The van der Waals surface area contributed by atoms with Crippen molar-refractivity contribution in [2.24, 2.45) is 5.92 Å². The molecule has 1 saturated heterocycles. The molecule has 0 radical (unpaired) electrons. The van der Waals surface area contributed by atoms with Crippen molar-refractivity contribution in [3.63, 3.8) is 0 Å². The van der Waals surface area contributed by atoms with Crippen LogP contribution < -0.4 is 10.7 Å². The Hall–Kier alpha value is -3.04. The molecule has 3 heterocycles. The summed E-state index contributed by atoms with van der Waals surface area (Å²) in [5.74, 6) is -1.04. The zero-order valence-electron chi connectivity index (χ0n) is 22.9. The number of aromatic nitrogens is 1. The van der Waals surface area contributed by atoms with E-state index in [0.717, 1.165) is 47.7 Å². The molecule has 4 rings (SSSR count). The summed E-state index contributed by atoms with van der Waals surface area (Å²) in [5.41, 5.74) is 4.95. The van der Waals surface area contributed by atoms with Gasteiger partial charge in [0.05, 0.1) is 0 Å². The van der Waals surface area contributed by atoms with Gasteiger partial charge >= 0.3 is 5.97 Å². The van der Waals surface area contributed by atoms with E-state index in [2.05, 4.69) is 27.9 Å². The zero-order valence-corrected chi connectivity index (χ0v) is 22.9. The average Bonchev–Trinajstić information content (AvgIpc) is 2.90. The van der Waals surface area contributed by atoms with Crippen molar-refractivity contribution in [3.8, 4) is 0 Å². The predicted octanol–water partition coefficient (Wildman–Crippen LogP) is 3.61. The number of esters is 1. The first-order valence-corrected chi connectivity index (χ1v) is 13.8. The molecule has 9 heteroatoms. The van der Waals surface area contributed by atoms with Crippen LogP contribution in [0.1, 0.15) is 77.2 Å². The molecule has 2 amide bonds. The molecule has 2 aliphatic heterocycles. The third-order valence-electron chi connectivity index (χ3n) is 7.27. The Labute approximate surface area is 224 Å². The van der Waals surface area contributed by atoms with Gasteiger partial charge in [-0.1, -0.05) is 32.4 Å². The lowest BCUT2D eigenvalue weighted by molar-refractivity contribution is -0.157. The first-order valence-electron chi connectivity index (χ1n) is 13.8. The van der Waals surface area contributed by atoms with E-state index < -0.39 is 30.3 Å². The Kier molecular flexibility index (Phi) is 9.33. The van der Waals surface area contributed by atoms with Crippen LogP contribution in [0.25, 0.3) is 10.8 Å². The molecule has 4 atom stereocenters. The summed E-state index contributed by atoms with van der Waals surface area (Å²) in [6, 6.07) is 6.71. The second kappa shape index (κ2) is 12.7. The number of hydrogen-bond donors (Lipinski definition) is 2. The van der Waals surface area contributed by atoms with E-state index in [1.54, 1.807) is 6.92 Å². The van der Waals surface area contributed by atoms with Crippen LogP contribution >= 0.6 is 0 Å². The second-order valence-electron chi connectivity index (χ2n) is 10.8. The van der Waals surface area contributed by atoms with Gasteiger partial charge in [0.25, 0.3) is 5.91 Å². The van der Waals surface area contributed by atoms with E-state index >= 15 is 0 Å². The molecule has 2 N–H and O–H groups in total. The number of nitrogens with zero attached hydrogens (tertiary/aromatic N) is 2. The lowest BCUT2D eigenvalue weighted by atomic mass is 10.0. The van der Waals surface area contributed by atoms with Crippen LogP contribution in [-0.4, -0.2) is 59.1 Å². The van der Waals surface area contributed by atoms with Crippen LogP contribution in [0.15, 0.2) is 30.5 Å². The van der Waals surface area contributed by atoms with Gasteiger partial charge in [-0.25, -0.2) is 5.43 Å². The molecular formula is C29H40N4O5. The van der Waals surface area contributed by atoms with E-state index in [-0.39, 0.29) is 17.7 Å². The fraction of sp³-hybridized carbons (Fsp3) is 0.586. The second-order valence-corrected chi connectivity index (χ2v) is 10.8. The van der Waals surface area contributed by atoms with E-state index in [4.69, 9.17) is 9.47 Å². The maximum Gasteiger partial charge on any atom is 0.325 e. The van der Waals surface area contributed by atoms with Crippen LogP contribution in [0.2, 0.25) is 0 Å². The van der Waals surface area contributed by atoms with Crippen LogP contribution in [0, 0.1) is 5.92 Å². The minimum atomic E-state index is -0.764. The molecule has 0 saturated carbocycles. The summed E-state index contributed by atoms with van der Waals surface area (Å²) in [6.45, 7) is 8.30. The van der Waals surface area contributed by atoms with Crippen LogP contribution in [-0.2, 0) is 30.3 Å². The smallest absolute Gasteiger partial charge is 0.325 e. The third-order valence-corrected chi connectivity index (χ3v) is 7.27. The van der Waals surface area contributed by atoms with Gasteiger partial charge in [-0.05, 0) is 75.0 Å². The molecule has 0 spiro atoms. The normalized spacial score (nSPS) is 26.7. The van der Waals surface area contributed by atoms with Gasteiger partial charge in [-0.2, -0.15) is 0 Å². The highest BCUT2D eigenvalue weighted by Crippen LogP contribution is 2.24. The van der Waals surface area contributed by atoms with Gasteiger partial charge in [0, 0.05) is 30.4 Å². The van der Waals surface area contributed by atoms with E-state index in [9.17, 15) is 14.4 Å². The minimum absolute atomic E-state index is 0.0382. The van der Waals surface area contributed by atoms with Crippen molar-refractivity contribution < 1.29 is 23.9 Å². The minimum Gasteiger partial charge on any atom is -0.457 e. The maximum absolute atomic E-state index is 13.1. The Bertz CT molecular complexity index is 1150. The number of hydrogen-bond acceptors (Lipinski definition) is 7. The number of cyclic esters (lactones) is 1. The van der Waals surface area contributed by atoms with Gasteiger partial charge in [-0.3, -0.25) is 24.4 Å². The average molecular weight is 525 g/mol. The molecule has 2 aliphatic rings. The molecule has 9 nitrogen and oxygen atoms in total. The summed E-state index contributed by atoms with van der Waals surface area (Å²) < 4.78 is 11.8. The summed E-state index contributed by atoms with van der Waals surface area (Å²) >= 11 is 0. The van der Waals surface area contributed by atoms with Gasteiger partial charge in [0.2, 0.25) is 5.91 Å². The van der Waals surface area contributed by atoms with E-state index in [1.165, 1.54) is 5.01 Å². The number of aryl methyl sites for hydroxylation is 1. The Balaban J connectivity index is 1.55. The monoisotopic (exact) mass is 524 g/mol. The van der Waals surface area contributed by atoms with Gasteiger partial charge < -0.3 is 14.8 Å².